The highest BCUT2D eigenvalue weighted by molar-refractivity contribution is 5.95. The number of hydrogen-bond donors (Lipinski definition) is 1. The average molecular weight is 197 g/mol. The quantitative estimate of drug-likeness (QED) is 0.408. The van der Waals surface area contributed by atoms with Crippen molar-refractivity contribution in [2.75, 3.05) is 6.61 Å². The van der Waals surface area contributed by atoms with Crippen LogP contribution in [0.5, 0.6) is 0 Å². The van der Waals surface area contributed by atoms with E-state index in [2.05, 4.69) is 16.6 Å². The Morgan fingerprint density at radius 1 is 1.50 bits per heavy atom. The second-order valence-electron chi connectivity index (χ2n) is 2.48. The zero-order valence-corrected chi connectivity index (χ0v) is 8.50. The molecule has 0 saturated carbocycles. The summed E-state index contributed by atoms with van der Waals surface area (Å²) in [5.41, 5.74) is 0.583. The third kappa shape index (κ3) is 5.13. The lowest BCUT2D eigenvalue weighted by atomic mass is 10.3. The molecule has 0 atom stereocenters. The lowest BCUT2D eigenvalue weighted by Gasteiger charge is -2.04. The molecule has 0 aliphatic carbocycles. The number of esters is 1. The molecule has 0 heterocycles. The third-order valence-electron chi connectivity index (χ3n) is 1.42. The van der Waals surface area contributed by atoms with Gasteiger partial charge in [-0.3, -0.25) is 9.59 Å². The van der Waals surface area contributed by atoms with Crippen LogP contribution in [0.4, 0.5) is 0 Å². The molecule has 14 heavy (non-hydrogen) atoms. The molecule has 1 amide bonds. The maximum atomic E-state index is 11.2. The van der Waals surface area contributed by atoms with Gasteiger partial charge in [-0.15, -0.1) is 0 Å². The van der Waals surface area contributed by atoms with Crippen molar-refractivity contribution in [3.8, 4) is 0 Å². The Balaban J connectivity index is 3.98. The van der Waals surface area contributed by atoms with Gasteiger partial charge in [-0.1, -0.05) is 12.7 Å². The van der Waals surface area contributed by atoms with E-state index >= 15 is 0 Å². The molecule has 0 unspecified atom stereocenters. The monoisotopic (exact) mass is 197 g/mol. The Kier molecular flexibility index (Phi) is 6.11. The highest BCUT2D eigenvalue weighted by Crippen LogP contribution is 1.92. The Hall–Kier alpha value is -1.58. The molecule has 0 spiro atoms. The summed E-state index contributed by atoms with van der Waals surface area (Å²) in [6.45, 7) is 7.24. The van der Waals surface area contributed by atoms with E-state index in [1.807, 2.05) is 0 Å². The molecule has 0 aliphatic rings. The predicted octanol–water partition coefficient (Wildman–Crippen LogP) is 1.15. The molecule has 0 aliphatic heterocycles. The van der Waals surface area contributed by atoms with Crippen molar-refractivity contribution in [2.45, 2.75) is 20.3 Å². The molecule has 0 fully saturated rings. The molecule has 0 aromatic carbocycles. The second-order valence-corrected chi connectivity index (χ2v) is 2.48. The van der Waals surface area contributed by atoms with Gasteiger partial charge in [-0.25, -0.2) is 0 Å². The maximum absolute atomic E-state index is 11.2. The van der Waals surface area contributed by atoms with Crippen LogP contribution in [0.15, 0.2) is 24.4 Å². The van der Waals surface area contributed by atoms with E-state index in [0.717, 1.165) is 0 Å². The van der Waals surface area contributed by atoms with Gasteiger partial charge in [-0.05, 0) is 19.9 Å². The van der Waals surface area contributed by atoms with Gasteiger partial charge in [0.1, 0.15) is 6.42 Å². The predicted molar refractivity (Wildman–Crippen MR) is 53.3 cm³/mol. The van der Waals surface area contributed by atoms with Crippen LogP contribution in [0.1, 0.15) is 20.3 Å². The molecular weight excluding hydrogens is 182 g/mol. The van der Waals surface area contributed by atoms with E-state index in [0.29, 0.717) is 5.70 Å². The van der Waals surface area contributed by atoms with Gasteiger partial charge >= 0.3 is 5.97 Å². The Morgan fingerprint density at radius 2 is 2.14 bits per heavy atom. The highest BCUT2D eigenvalue weighted by Gasteiger charge is 2.09. The molecule has 78 valence electrons. The van der Waals surface area contributed by atoms with E-state index < -0.39 is 11.9 Å². The zero-order chi connectivity index (χ0) is 11.0. The summed E-state index contributed by atoms with van der Waals surface area (Å²) in [5, 5.41) is 2.51. The van der Waals surface area contributed by atoms with Crippen LogP contribution in [0.3, 0.4) is 0 Å². The number of ether oxygens (including phenoxy) is 1. The largest absolute Gasteiger partial charge is 0.466 e. The highest BCUT2D eigenvalue weighted by atomic mass is 16.5. The van der Waals surface area contributed by atoms with Gasteiger partial charge in [0.15, 0.2) is 0 Å². The van der Waals surface area contributed by atoms with Gasteiger partial charge in [0.25, 0.3) is 0 Å². The standard InChI is InChI=1S/C10H15NO3/c1-4-8(5-2)11-9(12)7-10(13)14-6-3/h4-5H,1,6-7H2,2-3H3,(H,11,12)/b8-5-. The van der Waals surface area contributed by atoms with Crippen molar-refractivity contribution in [2.24, 2.45) is 0 Å². The van der Waals surface area contributed by atoms with E-state index in [4.69, 9.17) is 0 Å². The maximum Gasteiger partial charge on any atom is 0.315 e. The normalized spacial score (nSPS) is 10.6. The van der Waals surface area contributed by atoms with Gasteiger partial charge < -0.3 is 10.1 Å². The first-order chi connectivity index (χ1) is 6.63. The van der Waals surface area contributed by atoms with E-state index in [1.165, 1.54) is 6.08 Å². The van der Waals surface area contributed by atoms with Crippen molar-refractivity contribution in [3.05, 3.63) is 24.4 Å². The van der Waals surface area contributed by atoms with Crippen LogP contribution in [-0.2, 0) is 14.3 Å². The van der Waals surface area contributed by atoms with Crippen molar-refractivity contribution < 1.29 is 14.3 Å². The molecule has 0 rings (SSSR count). The fourth-order valence-corrected chi connectivity index (χ4v) is 0.789. The number of allylic oxidation sites excluding steroid dienone is 2. The molecule has 0 aromatic heterocycles. The molecule has 0 saturated heterocycles. The minimum Gasteiger partial charge on any atom is -0.466 e. The second kappa shape index (κ2) is 6.88. The van der Waals surface area contributed by atoms with Gasteiger partial charge in [0.05, 0.1) is 6.61 Å². The molecule has 0 aromatic rings. The number of carbonyl (C=O) groups is 2. The fraction of sp³-hybridized carbons (Fsp3) is 0.400. The molecule has 1 N–H and O–H groups in total. The topological polar surface area (TPSA) is 55.4 Å². The van der Waals surface area contributed by atoms with Crippen LogP contribution < -0.4 is 5.32 Å². The SMILES string of the molecule is C=C/C(=C/C)NC(=O)CC(=O)OCC. The summed E-state index contributed by atoms with van der Waals surface area (Å²) in [5.74, 6) is -0.916. The summed E-state index contributed by atoms with van der Waals surface area (Å²) in [4.78, 5) is 22.0. The van der Waals surface area contributed by atoms with E-state index in [1.54, 1.807) is 19.9 Å². The smallest absolute Gasteiger partial charge is 0.315 e. The number of carbonyl (C=O) groups excluding carboxylic acids is 2. The van der Waals surface area contributed by atoms with Crippen LogP contribution in [0.25, 0.3) is 0 Å². The van der Waals surface area contributed by atoms with Crippen LogP contribution in [0.2, 0.25) is 0 Å². The van der Waals surface area contributed by atoms with Gasteiger partial charge in [0, 0.05) is 5.70 Å². The summed E-state index contributed by atoms with van der Waals surface area (Å²) in [6.07, 6.45) is 2.93. The number of nitrogens with one attached hydrogen (secondary N) is 1. The van der Waals surface area contributed by atoms with E-state index in [-0.39, 0.29) is 13.0 Å². The first-order valence-electron chi connectivity index (χ1n) is 4.38. The molecule has 0 radical (unpaired) electrons. The molecule has 0 bridgehead atoms. The molecular formula is C10H15NO3. The van der Waals surface area contributed by atoms with Crippen LogP contribution in [0, 0.1) is 0 Å². The Labute approximate surface area is 83.6 Å². The summed E-state index contributed by atoms with van der Waals surface area (Å²) >= 11 is 0. The summed E-state index contributed by atoms with van der Waals surface area (Å²) in [6, 6.07) is 0. The molecule has 4 nitrogen and oxygen atoms in total. The third-order valence-corrected chi connectivity index (χ3v) is 1.42. The minimum atomic E-state index is -0.524. The van der Waals surface area contributed by atoms with Crippen molar-refractivity contribution >= 4 is 11.9 Å². The first kappa shape index (κ1) is 12.4. The zero-order valence-electron chi connectivity index (χ0n) is 8.50. The van der Waals surface area contributed by atoms with Gasteiger partial charge in [-0.2, -0.15) is 0 Å². The summed E-state index contributed by atoms with van der Waals surface area (Å²) in [7, 11) is 0. The Bertz CT molecular complexity index is 256. The van der Waals surface area contributed by atoms with E-state index in [9.17, 15) is 9.59 Å². The van der Waals surface area contributed by atoms with Crippen molar-refractivity contribution in [1.82, 2.24) is 5.32 Å². The summed E-state index contributed by atoms with van der Waals surface area (Å²) < 4.78 is 4.62. The fourth-order valence-electron chi connectivity index (χ4n) is 0.789. The molecule has 4 heteroatoms. The number of rotatable bonds is 5. The number of amides is 1. The average Bonchev–Trinajstić information content (AvgIpc) is 2.14. The van der Waals surface area contributed by atoms with Crippen molar-refractivity contribution in [1.29, 1.82) is 0 Å². The van der Waals surface area contributed by atoms with Gasteiger partial charge in [0.2, 0.25) is 5.91 Å². The Morgan fingerprint density at radius 3 is 2.57 bits per heavy atom. The van der Waals surface area contributed by atoms with Crippen LogP contribution >= 0.6 is 0 Å². The van der Waals surface area contributed by atoms with Crippen LogP contribution in [-0.4, -0.2) is 18.5 Å². The lowest BCUT2D eigenvalue weighted by Crippen LogP contribution is -2.25. The number of hydrogen-bond acceptors (Lipinski definition) is 3. The lowest BCUT2D eigenvalue weighted by molar-refractivity contribution is -0.145. The minimum absolute atomic E-state index is 0.265. The first-order valence-corrected chi connectivity index (χ1v) is 4.38. The van der Waals surface area contributed by atoms with Crippen molar-refractivity contribution in [3.63, 3.8) is 0 Å².